The van der Waals surface area contributed by atoms with Crippen molar-refractivity contribution in [2.45, 2.75) is 13.8 Å². The lowest BCUT2D eigenvalue weighted by Gasteiger charge is -1.99. The van der Waals surface area contributed by atoms with E-state index in [-0.39, 0.29) is 16.4 Å². The molecule has 0 bridgehead atoms. The van der Waals surface area contributed by atoms with Crippen molar-refractivity contribution in [1.29, 1.82) is 0 Å². The Hall–Kier alpha value is -0.210. The first-order valence-corrected chi connectivity index (χ1v) is 3.51. The fourth-order valence-corrected chi connectivity index (χ4v) is 0.328. The largest absolute Gasteiger partial charge is 0.432 e. The summed E-state index contributed by atoms with van der Waals surface area (Å²) < 4.78 is 4.44. The second-order valence-electron chi connectivity index (χ2n) is 2.00. The zero-order valence-electron chi connectivity index (χ0n) is 5.73. The number of esters is 1. The number of carbonyl (C=O) groups excluding carboxylic acids is 1. The Kier molecular flexibility index (Phi) is 4.49. The van der Waals surface area contributed by atoms with Gasteiger partial charge in [-0.25, -0.2) is 0 Å². The van der Waals surface area contributed by atoms with Crippen LogP contribution in [0.25, 0.3) is 0 Å². The first kappa shape index (κ1) is 9.79. The lowest BCUT2D eigenvalue weighted by Crippen LogP contribution is -2.07. The lowest BCUT2D eigenvalue weighted by atomic mass is 10.2. The first-order valence-electron chi connectivity index (χ1n) is 2.75. The molecule has 0 amide bonds. The van der Waals surface area contributed by atoms with Gasteiger partial charge < -0.3 is 4.74 Å². The second kappa shape index (κ2) is 4.58. The minimum atomic E-state index is -0.348. The summed E-state index contributed by atoms with van der Waals surface area (Å²) in [7, 11) is 0. The van der Waals surface area contributed by atoms with Crippen molar-refractivity contribution in [3.63, 3.8) is 0 Å². The van der Waals surface area contributed by atoms with E-state index < -0.39 is 0 Å². The molecule has 0 fully saturated rings. The summed E-state index contributed by atoms with van der Waals surface area (Å²) in [6.45, 7) is 3.44. The highest BCUT2D eigenvalue weighted by Crippen LogP contribution is 2.07. The van der Waals surface area contributed by atoms with Crippen LogP contribution in [-0.2, 0) is 9.53 Å². The van der Waals surface area contributed by atoms with E-state index >= 15 is 0 Å². The fourth-order valence-electron chi connectivity index (χ4n) is 0.239. The number of ether oxygens (including phenoxy) is 1. The van der Waals surface area contributed by atoms with Crippen LogP contribution >= 0.6 is 23.2 Å². The molecule has 0 aliphatic heterocycles. The average molecular weight is 183 g/mol. The van der Waals surface area contributed by atoms with Gasteiger partial charge in [0.15, 0.2) is 0 Å². The molecule has 0 spiro atoms. The number of carbonyl (C=O) groups is 1. The van der Waals surface area contributed by atoms with Gasteiger partial charge in [0.25, 0.3) is 0 Å². The standard InChI is InChI=1S/C6H8Cl2O2/c1-4(2)6(9)10-3-5(7)8/h3-4H,1-2H3. The molecule has 4 heteroatoms. The zero-order valence-corrected chi connectivity index (χ0v) is 7.24. The van der Waals surface area contributed by atoms with Crippen LogP contribution in [0.15, 0.2) is 10.8 Å². The molecule has 2 nitrogen and oxygen atoms in total. The number of rotatable bonds is 2. The molecule has 0 unspecified atom stereocenters. The Bertz CT molecular complexity index is 148. The van der Waals surface area contributed by atoms with Gasteiger partial charge in [-0.15, -0.1) is 0 Å². The summed E-state index contributed by atoms with van der Waals surface area (Å²) in [5.74, 6) is -0.511. The van der Waals surface area contributed by atoms with E-state index in [1.807, 2.05) is 0 Å². The molecule has 58 valence electrons. The molecular weight excluding hydrogens is 175 g/mol. The summed E-state index contributed by atoms with van der Waals surface area (Å²) in [4.78, 5) is 10.7. The Morgan fingerprint density at radius 2 is 2.00 bits per heavy atom. The molecule has 0 atom stereocenters. The van der Waals surface area contributed by atoms with Crippen LogP contribution in [0.5, 0.6) is 0 Å². The van der Waals surface area contributed by atoms with Gasteiger partial charge >= 0.3 is 5.97 Å². The zero-order chi connectivity index (χ0) is 8.15. The van der Waals surface area contributed by atoms with Crippen LogP contribution in [0, 0.1) is 5.92 Å². The van der Waals surface area contributed by atoms with Gasteiger partial charge in [0, 0.05) is 0 Å². The summed E-state index contributed by atoms with van der Waals surface area (Å²) in [5.41, 5.74) is 0. The Morgan fingerprint density at radius 3 is 2.30 bits per heavy atom. The van der Waals surface area contributed by atoms with Gasteiger partial charge in [0.05, 0.1) is 5.92 Å². The van der Waals surface area contributed by atoms with Gasteiger partial charge in [-0.3, -0.25) is 4.79 Å². The molecule has 0 aromatic heterocycles. The van der Waals surface area contributed by atoms with Crippen molar-refractivity contribution >= 4 is 29.2 Å². The van der Waals surface area contributed by atoms with E-state index in [2.05, 4.69) is 4.74 Å². The predicted octanol–water partition coefficient (Wildman–Crippen LogP) is 2.46. The summed E-state index contributed by atoms with van der Waals surface area (Å²) >= 11 is 10.4. The molecule has 0 radical (unpaired) electrons. The SMILES string of the molecule is CC(C)C(=O)OC=C(Cl)Cl. The van der Waals surface area contributed by atoms with E-state index in [0.717, 1.165) is 6.26 Å². The maximum Gasteiger partial charge on any atom is 0.313 e. The molecule has 0 aromatic carbocycles. The maximum atomic E-state index is 10.7. The molecule has 0 rings (SSSR count). The highest BCUT2D eigenvalue weighted by Gasteiger charge is 2.05. The van der Waals surface area contributed by atoms with Crippen LogP contribution in [0.3, 0.4) is 0 Å². The normalized spacial score (nSPS) is 9.30. The average Bonchev–Trinajstić information content (AvgIpc) is 1.82. The van der Waals surface area contributed by atoms with E-state index in [4.69, 9.17) is 23.2 Å². The Labute approximate surface area is 69.8 Å². The van der Waals surface area contributed by atoms with Gasteiger partial charge in [-0.05, 0) is 0 Å². The predicted molar refractivity (Wildman–Crippen MR) is 40.7 cm³/mol. The smallest absolute Gasteiger partial charge is 0.313 e. The summed E-state index contributed by atoms with van der Waals surface area (Å²) in [6, 6.07) is 0. The number of hydrogen-bond acceptors (Lipinski definition) is 2. The topological polar surface area (TPSA) is 26.3 Å². The number of hydrogen-bond donors (Lipinski definition) is 0. The van der Waals surface area contributed by atoms with Crippen molar-refractivity contribution in [2.75, 3.05) is 0 Å². The minimum Gasteiger partial charge on any atom is -0.432 e. The van der Waals surface area contributed by atoms with Crippen molar-refractivity contribution < 1.29 is 9.53 Å². The van der Waals surface area contributed by atoms with E-state index in [1.165, 1.54) is 0 Å². The van der Waals surface area contributed by atoms with Crippen LogP contribution in [0.1, 0.15) is 13.8 Å². The van der Waals surface area contributed by atoms with E-state index in [9.17, 15) is 4.79 Å². The summed E-state index contributed by atoms with van der Waals surface area (Å²) in [6.07, 6.45) is 1.01. The third-order valence-corrected chi connectivity index (χ3v) is 0.914. The maximum absolute atomic E-state index is 10.7. The molecule has 0 heterocycles. The molecule has 0 N–H and O–H groups in total. The lowest BCUT2D eigenvalue weighted by molar-refractivity contribution is -0.141. The monoisotopic (exact) mass is 182 g/mol. The fraction of sp³-hybridized carbons (Fsp3) is 0.500. The van der Waals surface area contributed by atoms with E-state index in [0.29, 0.717) is 0 Å². The van der Waals surface area contributed by atoms with Crippen molar-refractivity contribution in [2.24, 2.45) is 5.92 Å². The van der Waals surface area contributed by atoms with Crippen molar-refractivity contribution in [3.05, 3.63) is 10.8 Å². The van der Waals surface area contributed by atoms with Crippen LogP contribution in [0.4, 0.5) is 0 Å². The van der Waals surface area contributed by atoms with E-state index in [1.54, 1.807) is 13.8 Å². The molecule has 0 saturated heterocycles. The van der Waals surface area contributed by atoms with Gasteiger partial charge in [0.1, 0.15) is 10.8 Å². The third-order valence-electron chi connectivity index (χ3n) is 0.736. The Balaban J connectivity index is 3.71. The summed E-state index contributed by atoms with van der Waals surface area (Å²) in [5, 5.41) is 0. The van der Waals surface area contributed by atoms with Crippen molar-refractivity contribution in [3.8, 4) is 0 Å². The minimum absolute atomic E-state index is 0.0611. The van der Waals surface area contributed by atoms with Gasteiger partial charge in [-0.1, -0.05) is 37.0 Å². The second-order valence-corrected chi connectivity index (χ2v) is 3.01. The van der Waals surface area contributed by atoms with Crippen LogP contribution in [0.2, 0.25) is 0 Å². The number of halogens is 2. The molecule has 0 aromatic rings. The van der Waals surface area contributed by atoms with Crippen LogP contribution < -0.4 is 0 Å². The first-order chi connectivity index (χ1) is 4.54. The molecular formula is C6H8Cl2O2. The van der Waals surface area contributed by atoms with Gasteiger partial charge in [-0.2, -0.15) is 0 Å². The van der Waals surface area contributed by atoms with Crippen LogP contribution in [-0.4, -0.2) is 5.97 Å². The van der Waals surface area contributed by atoms with Crippen molar-refractivity contribution in [1.82, 2.24) is 0 Å². The molecule has 0 saturated carbocycles. The Morgan fingerprint density at radius 1 is 1.50 bits per heavy atom. The highest BCUT2D eigenvalue weighted by molar-refractivity contribution is 6.55. The highest BCUT2D eigenvalue weighted by atomic mass is 35.5. The quantitative estimate of drug-likeness (QED) is 0.485. The molecule has 0 aliphatic carbocycles. The molecule has 10 heavy (non-hydrogen) atoms. The third kappa shape index (κ3) is 4.65. The van der Waals surface area contributed by atoms with Gasteiger partial charge in [0.2, 0.25) is 0 Å². The molecule has 0 aliphatic rings.